The van der Waals surface area contributed by atoms with Crippen LogP contribution in [0.1, 0.15) is 62.6 Å². The Morgan fingerprint density at radius 1 is 1.29 bits per heavy atom. The quantitative estimate of drug-likeness (QED) is 0.551. The third-order valence-electron chi connectivity index (χ3n) is 7.09. The number of aliphatic hydroxyl groups is 1. The average Bonchev–Trinajstić information content (AvgIpc) is 3.35. The van der Waals surface area contributed by atoms with Crippen molar-refractivity contribution >= 4 is 37.8 Å². The normalized spacial score (nSPS) is 25.1. The molecule has 0 bridgehead atoms. The first-order valence-corrected chi connectivity index (χ1v) is 13.2. The molecule has 2 aromatic heterocycles. The lowest BCUT2D eigenvalue weighted by Gasteiger charge is -2.30. The molecule has 0 radical (unpaired) electrons. The molecule has 12 heteroatoms. The molecule has 2 fully saturated rings. The summed E-state index contributed by atoms with van der Waals surface area (Å²) in [7, 11) is -3.23. The minimum Gasteiger partial charge on any atom is -0.389 e. The van der Waals surface area contributed by atoms with Crippen molar-refractivity contribution in [1.82, 2.24) is 19.4 Å². The van der Waals surface area contributed by atoms with E-state index in [0.717, 1.165) is 6.42 Å². The maximum absolute atomic E-state index is 13.8. The molecule has 1 aliphatic carbocycles. The van der Waals surface area contributed by atoms with Crippen LogP contribution in [0, 0.1) is 0 Å². The van der Waals surface area contributed by atoms with Gasteiger partial charge in [0.1, 0.15) is 0 Å². The van der Waals surface area contributed by atoms with Gasteiger partial charge in [0.15, 0.2) is 5.58 Å². The van der Waals surface area contributed by atoms with Gasteiger partial charge in [0, 0.05) is 36.6 Å². The Kier molecular flexibility index (Phi) is 5.72. The Balaban J connectivity index is 1.54. The van der Waals surface area contributed by atoms with E-state index >= 15 is 0 Å². The fourth-order valence-corrected chi connectivity index (χ4v) is 6.10. The van der Waals surface area contributed by atoms with Crippen LogP contribution in [0.25, 0.3) is 21.9 Å². The molecule has 34 heavy (non-hydrogen) atoms. The first kappa shape index (κ1) is 23.3. The molecule has 1 saturated heterocycles. The largest absolute Gasteiger partial charge is 0.389 e. The van der Waals surface area contributed by atoms with E-state index in [1.54, 1.807) is 6.92 Å². The molecule has 184 valence electrons. The van der Waals surface area contributed by atoms with Crippen LogP contribution in [0.15, 0.2) is 16.8 Å². The van der Waals surface area contributed by atoms with E-state index in [0.29, 0.717) is 66.7 Å². The number of hydrogen-bond acceptors (Lipinski definition) is 8. The molecular weight excluding hydrogens is 468 g/mol. The van der Waals surface area contributed by atoms with Crippen molar-refractivity contribution in [1.29, 1.82) is 0 Å². The van der Waals surface area contributed by atoms with Crippen LogP contribution in [-0.4, -0.2) is 63.9 Å². The zero-order chi connectivity index (χ0) is 24.3. The molecule has 2 atom stereocenters. The lowest BCUT2D eigenvalue weighted by Crippen LogP contribution is -2.42. The third kappa shape index (κ3) is 4.11. The van der Waals surface area contributed by atoms with Crippen molar-refractivity contribution < 1.29 is 26.8 Å². The predicted octanol–water partition coefficient (Wildman–Crippen LogP) is 3.56. The fourth-order valence-electron chi connectivity index (χ4n) is 5.22. The van der Waals surface area contributed by atoms with Crippen molar-refractivity contribution in [3.63, 3.8) is 0 Å². The highest BCUT2D eigenvalue weighted by Gasteiger charge is 2.41. The van der Waals surface area contributed by atoms with Gasteiger partial charge in [-0.3, -0.25) is 0 Å². The van der Waals surface area contributed by atoms with Crippen molar-refractivity contribution in [2.24, 2.45) is 0 Å². The Labute approximate surface area is 195 Å². The van der Waals surface area contributed by atoms with Crippen LogP contribution in [-0.2, 0) is 10.0 Å². The second-order valence-corrected chi connectivity index (χ2v) is 11.5. The number of alkyl halides is 2. The summed E-state index contributed by atoms with van der Waals surface area (Å²) >= 11 is 0. The molecule has 1 saturated carbocycles. The number of piperidine rings is 1. The minimum atomic E-state index is -3.23. The summed E-state index contributed by atoms with van der Waals surface area (Å²) in [4.78, 5) is 8.95. The van der Waals surface area contributed by atoms with E-state index in [-0.39, 0.29) is 23.1 Å². The van der Waals surface area contributed by atoms with Crippen LogP contribution < -0.4 is 5.32 Å². The maximum Gasteiger partial charge on any atom is 0.267 e. The van der Waals surface area contributed by atoms with Crippen LogP contribution in [0.2, 0.25) is 0 Å². The Bertz CT molecular complexity index is 1340. The number of rotatable bonds is 5. The van der Waals surface area contributed by atoms with Crippen molar-refractivity contribution in [2.45, 2.75) is 63.0 Å². The molecule has 2 N–H and O–H groups in total. The molecule has 3 heterocycles. The van der Waals surface area contributed by atoms with E-state index in [2.05, 4.69) is 20.4 Å². The summed E-state index contributed by atoms with van der Waals surface area (Å²) in [5.74, 6) is -0.0294. The number of sulfonamides is 1. The van der Waals surface area contributed by atoms with E-state index < -0.39 is 22.0 Å². The van der Waals surface area contributed by atoms with E-state index in [1.165, 1.54) is 22.8 Å². The van der Waals surface area contributed by atoms with Crippen LogP contribution in [0.3, 0.4) is 0 Å². The van der Waals surface area contributed by atoms with Crippen molar-refractivity contribution in [3.8, 4) is 0 Å². The SMILES string of the molecule is C[C@@]1(O)CCC[C@H]1c1noc2c(C(F)F)cc3cnc(NC4CCN(S(C)(=O)=O)CC4)nc3c12. The van der Waals surface area contributed by atoms with Gasteiger partial charge in [-0.05, 0) is 45.1 Å². The van der Waals surface area contributed by atoms with Gasteiger partial charge in [-0.2, -0.15) is 0 Å². The Morgan fingerprint density at radius 3 is 2.65 bits per heavy atom. The number of nitrogens with zero attached hydrogens (tertiary/aromatic N) is 4. The number of aromatic nitrogens is 3. The monoisotopic (exact) mass is 495 g/mol. The van der Waals surface area contributed by atoms with Gasteiger partial charge >= 0.3 is 0 Å². The summed E-state index contributed by atoms with van der Waals surface area (Å²) in [6.07, 6.45) is 3.17. The molecule has 0 amide bonds. The van der Waals surface area contributed by atoms with Gasteiger partial charge in [0.05, 0.1) is 34.0 Å². The van der Waals surface area contributed by atoms with Crippen molar-refractivity contribution in [3.05, 3.63) is 23.5 Å². The van der Waals surface area contributed by atoms with Gasteiger partial charge in [-0.25, -0.2) is 31.5 Å². The van der Waals surface area contributed by atoms with E-state index in [9.17, 15) is 22.3 Å². The van der Waals surface area contributed by atoms with E-state index in [4.69, 9.17) is 4.52 Å². The van der Waals surface area contributed by atoms with Crippen LogP contribution in [0.5, 0.6) is 0 Å². The van der Waals surface area contributed by atoms with Gasteiger partial charge < -0.3 is 14.9 Å². The predicted molar refractivity (Wildman–Crippen MR) is 122 cm³/mol. The lowest BCUT2D eigenvalue weighted by molar-refractivity contribution is 0.0479. The van der Waals surface area contributed by atoms with Gasteiger partial charge in [0.25, 0.3) is 6.43 Å². The highest BCUT2D eigenvalue weighted by atomic mass is 32.2. The first-order chi connectivity index (χ1) is 16.0. The summed E-state index contributed by atoms with van der Waals surface area (Å²) < 4.78 is 58.0. The standard InChI is InChI=1S/C22H27F2N5O4S/c1-22(30)7-3-4-15(22)18-16-17-12(10-14(20(23)24)19(16)33-28-18)11-25-21(27-17)26-13-5-8-29(9-6-13)34(2,31)32/h10-11,13,15,20,30H,3-9H2,1-2H3,(H,25,26,27)/t15-,22+/m0/s1. The zero-order valence-electron chi connectivity index (χ0n) is 19.0. The van der Waals surface area contributed by atoms with Crippen molar-refractivity contribution in [2.75, 3.05) is 24.7 Å². The number of fused-ring (bicyclic) bond motifs is 3. The molecule has 9 nitrogen and oxygen atoms in total. The summed E-state index contributed by atoms with van der Waals surface area (Å²) in [5.41, 5.74) is -0.443. The Morgan fingerprint density at radius 2 is 2.03 bits per heavy atom. The summed E-state index contributed by atoms with van der Waals surface area (Å²) in [5, 5.41) is 19.1. The fraction of sp³-hybridized carbons (Fsp3) is 0.591. The van der Waals surface area contributed by atoms with Gasteiger partial charge in [-0.15, -0.1) is 0 Å². The molecule has 1 aliphatic heterocycles. The van der Waals surface area contributed by atoms with Gasteiger partial charge in [-0.1, -0.05) is 5.16 Å². The molecule has 1 aromatic carbocycles. The van der Waals surface area contributed by atoms with Crippen LogP contribution >= 0.6 is 0 Å². The second kappa shape index (κ2) is 8.35. The Hall–Kier alpha value is -2.44. The summed E-state index contributed by atoms with van der Waals surface area (Å²) in [6, 6.07) is 1.29. The first-order valence-electron chi connectivity index (χ1n) is 11.4. The third-order valence-corrected chi connectivity index (χ3v) is 8.40. The number of benzene rings is 1. The number of nitrogens with one attached hydrogen (secondary N) is 1. The molecule has 2 aliphatic rings. The lowest BCUT2D eigenvalue weighted by atomic mass is 9.87. The molecule has 3 aromatic rings. The summed E-state index contributed by atoms with van der Waals surface area (Å²) in [6.45, 7) is 2.53. The molecule has 5 rings (SSSR count). The highest BCUT2D eigenvalue weighted by Crippen LogP contribution is 2.46. The number of anilines is 1. The zero-order valence-corrected chi connectivity index (χ0v) is 19.8. The molecule has 0 unspecified atom stereocenters. The minimum absolute atomic E-state index is 0.0219. The molecular formula is C22H27F2N5O4S. The topological polar surface area (TPSA) is 121 Å². The van der Waals surface area contributed by atoms with Gasteiger partial charge in [0.2, 0.25) is 16.0 Å². The molecule has 0 spiro atoms. The highest BCUT2D eigenvalue weighted by molar-refractivity contribution is 7.88. The average molecular weight is 496 g/mol. The number of hydrogen-bond donors (Lipinski definition) is 2. The second-order valence-electron chi connectivity index (χ2n) is 9.55. The van der Waals surface area contributed by atoms with E-state index in [1.807, 2.05) is 0 Å². The van der Waals surface area contributed by atoms with Crippen LogP contribution in [0.4, 0.5) is 14.7 Å². The maximum atomic E-state index is 13.8. The smallest absolute Gasteiger partial charge is 0.267 e. The number of halogens is 2.